The molecule has 1 N–H and O–H groups in total. The van der Waals surface area contributed by atoms with E-state index in [4.69, 9.17) is 10.1 Å². The van der Waals surface area contributed by atoms with Gasteiger partial charge in [-0.3, -0.25) is 0 Å². The normalized spacial score (nSPS) is 13.6. The molecule has 0 spiro atoms. The monoisotopic (exact) mass is 386 g/mol. The molecule has 148 valence electrons. The molecule has 5 rings (SSSR count). The Morgan fingerprint density at radius 2 is 2.07 bits per heavy atom. The third-order valence-corrected chi connectivity index (χ3v) is 5.63. The Morgan fingerprint density at radius 3 is 2.93 bits per heavy atom. The number of nitrogens with one attached hydrogen (secondary N) is 1. The number of fused-ring (bicyclic) bond motifs is 2. The van der Waals surface area contributed by atoms with Crippen LogP contribution in [-0.4, -0.2) is 30.7 Å². The fraction of sp³-hybridized carbons (Fsp3) is 0.348. The van der Waals surface area contributed by atoms with Gasteiger partial charge in [0.25, 0.3) is 0 Å². The number of benzene rings is 1. The molecule has 0 bridgehead atoms. The molecule has 0 amide bonds. The first-order valence-electron chi connectivity index (χ1n) is 10.5. The molecule has 6 nitrogen and oxygen atoms in total. The number of anilines is 1. The smallest absolute Gasteiger partial charge is 0.158 e. The summed E-state index contributed by atoms with van der Waals surface area (Å²) < 4.78 is 4.13. The fourth-order valence-corrected chi connectivity index (χ4v) is 4.16. The van der Waals surface area contributed by atoms with E-state index in [9.17, 15) is 0 Å². The SMILES string of the molecule is Cc1cccc(-c2cc3nc4c(c(NCCCn5ccnc5)n3n2)CCCC4)c1. The van der Waals surface area contributed by atoms with Gasteiger partial charge in [0.1, 0.15) is 5.82 Å². The second-order valence-electron chi connectivity index (χ2n) is 7.84. The van der Waals surface area contributed by atoms with Gasteiger partial charge in [-0.05, 0) is 45.1 Å². The van der Waals surface area contributed by atoms with Crippen LogP contribution in [0.4, 0.5) is 5.82 Å². The van der Waals surface area contributed by atoms with E-state index in [1.54, 1.807) is 0 Å². The van der Waals surface area contributed by atoms with Crippen LogP contribution in [0.1, 0.15) is 36.1 Å². The van der Waals surface area contributed by atoms with E-state index < -0.39 is 0 Å². The van der Waals surface area contributed by atoms with Crippen molar-refractivity contribution in [3.63, 3.8) is 0 Å². The summed E-state index contributed by atoms with van der Waals surface area (Å²) in [6.07, 6.45) is 11.3. The molecule has 3 heterocycles. The maximum Gasteiger partial charge on any atom is 0.158 e. The van der Waals surface area contributed by atoms with E-state index in [1.807, 2.05) is 23.2 Å². The molecule has 3 aromatic heterocycles. The Labute approximate surface area is 170 Å². The molecule has 1 aliphatic carbocycles. The topological polar surface area (TPSA) is 60.0 Å². The van der Waals surface area contributed by atoms with Gasteiger partial charge in [0.05, 0.1) is 12.0 Å². The van der Waals surface area contributed by atoms with Crippen LogP contribution in [0.5, 0.6) is 0 Å². The molecule has 0 radical (unpaired) electrons. The molecule has 6 heteroatoms. The summed E-state index contributed by atoms with van der Waals surface area (Å²) in [5, 5.41) is 8.62. The highest BCUT2D eigenvalue weighted by Gasteiger charge is 2.20. The van der Waals surface area contributed by atoms with Crippen LogP contribution in [0.2, 0.25) is 0 Å². The molecule has 0 aliphatic heterocycles. The van der Waals surface area contributed by atoms with Crippen LogP contribution in [0.25, 0.3) is 16.9 Å². The summed E-state index contributed by atoms with van der Waals surface area (Å²) in [7, 11) is 0. The summed E-state index contributed by atoms with van der Waals surface area (Å²) in [6.45, 7) is 3.96. The number of hydrogen-bond acceptors (Lipinski definition) is 4. The third kappa shape index (κ3) is 3.62. The van der Waals surface area contributed by atoms with Crippen LogP contribution < -0.4 is 5.32 Å². The number of aromatic nitrogens is 5. The van der Waals surface area contributed by atoms with Crippen molar-refractivity contribution in [2.45, 2.75) is 45.6 Å². The molecular formula is C23H26N6. The number of imidazole rings is 1. The summed E-state index contributed by atoms with van der Waals surface area (Å²) in [5.74, 6) is 1.12. The first kappa shape index (κ1) is 17.9. The van der Waals surface area contributed by atoms with Crippen molar-refractivity contribution in [2.24, 2.45) is 0 Å². The van der Waals surface area contributed by atoms with Crippen molar-refractivity contribution in [3.05, 3.63) is 65.9 Å². The number of aryl methyl sites for hydroxylation is 3. The van der Waals surface area contributed by atoms with E-state index >= 15 is 0 Å². The molecule has 1 aliphatic rings. The maximum absolute atomic E-state index is 4.96. The lowest BCUT2D eigenvalue weighted by Gasteiger charge is -2.20. The van der Waals surface area contributed by atoms with E-state index in [-0.39, 0.29) is 0 Å². The van der Waals surface area contributed by atoms with Crippen LogP contribution in [0, 0.1) is 6.92 Å². The van der Waals surface area contributed by atoms with Gasteiger partial charge < -0.3 is 9.88 Å². The fourth-order valence-electron chi connectivity index (χ4n) is 4.16. The van der Waals surface area contributed by atoms with Crippen LogP contribution in [-0.2, 0) is 19.4 Å². The first-order chi connectivity index (χ1) is 14.3. The highest BCUT2D eigenvalue weighted by atomic mass is 15.3. The standard InChI is InChI=1S/C23H26N6/c1-17-6-4-7-18(14-17)21-15-22-26-20-9-3-2-8-19(20)23(29(22)27-21)25-10-5-12-28-13-11-24-16-28/h4,6-7,11,13-16,25H,2-3,5,8-10,12H2,1H3. The van der Waals surface area contributed by atoms with Crippen molar-refractivity contribution in [3.8, 4) is 11.3 Å². The molecule has 0 atom stereocenters. The van der Waals surface area contributed by atoms with E-state index in [2.05, 4.69) is 52.1 Å². The Kier molecular flexibility index (Phi) is 4.76. The zero-order valence-corrected chi connectivity index (χ0v) is 16.8. The van der Waals surface area contributed by atoms with Crippen molar-refractivity contribution in [1.29, 1.82) is 0 Å². The number of rotatable bonds is 6. The van der Waals surface area contributed by atoms with Crippen LogP contribution >= 0.6 is 0 Å². The van der Waals surface area contributed by atoms with Gasteiger partial charge in [0, 0.05) is 48.4 Å². The Hall–Kier alpha value is -3.15. The second-order valence-corrected chi connectivity index (χ2v) is 7.84. The van der Waals surface area contributed by atoms with Crippen molar-refractivity contribution < 1.29 is 0 Å². The summed E-state index contributed by atoms with van der Waals surface area (Å²) in [4.78, 5) is 9.08. The van der Waals surface area contributed by atoms with E-state index in [0.29, 0.717) is 0 Å². The zero-order chi connectivity index (χ0) is 19.6. The van der Waals surface area contributed by atoms with Gasteiger partial charge in [-0.15, -0.1) is 0 Å². The van der Waals surface area contributed by atoms with Crippen molar-refractivity contribution >= 4 is 11.5 Å². The minimum absolute atomic E-state index is 0.892. The van der Waals surface area contributed by atoms with Gasteiger partial charge in [-0.25, -0.2) is 9.97 Å². The van der Waals surface area contributed by atoms with E-state index in [0.717, 1.165) is 55.1 Å². The molecule has 1 aromatic carbocycles. The third-order valence-electron chi connectivity index (χ3n) is 5.63. The molecule has 4 aromatic rings. The molecule has 0 unspecified atom stereocenters. The second kappa shape index (κ2) is 7.70. The lowest BCUT2D eigenvalue weighted by Crippen LogP contribution is -2.16. The molecule has 0 saturated carbocycles. The molecule has 0 fully saturated rings. The minimum atomic E-state index is 0.892. The minimum Gasteiger partial charge on any atom is -0.370 e. The Bertz CT molecular complexity index is 1130. The zero-order valence-electron chi connectivity index (χ0n) is 16.8. The first-order valence-corrected chi connectivity index (χ1v) is 10.5. The van der Waals surface area contributed by atoms with Crippen LogP contribution in [0.15, 0.2) is 49.1 Å². The van der Waals surface area contributed by atoms with Crippen molar-refractivity contribution in [1.82, 2.24) is 24.1 Å². The Balaban J connectivity index is 1.48. The summed E-state index contributed by atoms with van der Waals surface area (Å²) in [6, 6.07) is 10.6. The van der Waals surface area contributed by atoms with Gasteiger partial charge in [-0.2, -0.15) is 9.61 Å². The number of nitrogens with zero attached hydrogens (tertiary/aromatic N) is 5. The molecule has 0 saturated heterocycles. The highest BCUT2D eigenvalue weighted by molar-refractivity contribution is 5.67. The van der Waals surface area contributed by atoms with Gasteiger partial charge in [-0.1, -0.05) is 23.8 Å². The lowest BCUT2D eigenvalue weighted by molar-refractivity contribution is 0.648. The average molecular weight is 387 g/mol. The Morgan fingerprint density at radius 1 is 1.14 bits per heavy atom. The largest absolute Gasteiger partial charge is 0.370 e. The van der Waals surface area contributed by atoms with Gasteiger partial charge >= 0.3 is 0 Å². The van der Waals surface area contributed by atoms with Crippen molar-refractivity contribution in [2.75, 3.05) is 11.9 Å². The van der Waals surface area contributed by atoms with Gasteiger partial charge in [0.15, 0.2) is 5.65 Å². The average Bonchev–Trinajstić information content (AvgIpc) is 3.40. The predicted octanol–water partition coefficient (Wildman–Crippen LogP) is 4.28. The highest BCUT2D eigenvalue weighted by Crippen LogP contribution is 2.30. The molecular weight excluding hydrogens is 360 g/mol. The summed E-state index contributed by atoms with van der Waals surface area (Å²) >= 11 is 0. The summed E-state index contributed by atoms with van der Waals surface area (Å²) in [5.41, 5.74) is 6.86. The predicted molar refractivity (Wildman–Crippen MR) is 115 cm³/mol. The maximum atomic E-state index is 4.96. The van der Waals surface area contributed by atoms with E-state index in [1.165, 1.54) is 29.7 Å². The quantitative estimate of drug-likeness (QED) is 0.503. The lowest BCUT2D eigenvalue weighted by atomic mass is 9.96. The number of hydrogen-bond donors (Lipinski definition) is 1. The molecule has 29 heavy (non-hydrogen) atoms. The van der Waals surface area contributed by atoms with Gasteiger partial charge in [0.2, 0.25) is 0 Å². The van der Waals surface area contributed by atoms with Crippen LogP contribution in [0.3, 0.4) is 0 Å².